The Hall–Kier alpha value is -3.29. The van der Waals surface area contributed by atoms with Gasteiger partial charge in [-0.2, -0.15) is 4.98 Å². The molecule has 2 aromatic carbocycles. The van der Waals surface area contributed by atoms with Gasteiger partial charge in [-0.05, 0) is 67.9 Å². The second kappa shape index (κ2) is 10.8. The Labute approximate surface area is 198 Å². The summed E-state index contributed by atoms with van der Waals surface area (Å²) >= 11 is 0. The SMILES string of the molecule is CN(C)c1nc(NC2CCC(CNC(=O)CCc3ccc(F)c(F)c3)CC2)nc2ccccc12. The van der Waals surface area contributed by atoms with Crippen molar-refractivity contribution in [1.82, 2.24) is 15.3 Å². The number of amides is 1. The van der Waals surface area contributed by atoms with Crippen LogP contribution in [0.1, 0.15) is 37.7 Å². The van der Waals surface area contributed by atoms with Crippen molar-refractivity contribution in [2.45, 2.75) is 44.6 Å². The van der Waals surface area contributed by atoms with Crippen molar-refractivity contribution >= 4 is 28.6 Å². The maximum atomic E-state index is 13.3. The number of anilines is 2. The summed E-state index contributed by atoms with van der Waals surface area (Å²) in [6, 6.07) is 12.1. The maximum Gasteiger partial charge on any atom is 0.225 e. The van der Waals surface area contributed by atoms with Crippen LogP contribution in [0.2, 0.25) is 0 Å². The second-order valence-electron chi connectivity index (χ2n) is 9.20. The van der Waals surface area contributed by atoms with E-state index in [1.54, 1.807) is 0 Å². The molecular formula is C26H31F2N5O. The molecule has 1 amide bonds. The van der Waals surface area contributed by atoms with Gasteiger partial charge in [-0.25, -0.2) is 13.8 Å². The standard InChI is InChI=1S/C26H31F2N5O/c1-33(2)25-20-5-3-4-6-23(20)31-26(32-25)30-19-11-7-18(8-12-19)16-29-24(34)14-10-17-9-13-21(27)22(28)15-17/h3-6,9,13,15,18-19H,7-8,10-12,14,16H2,1-2H3,(H,29,34)(H,30,31,32). The largest absolute Gasteiger partial charge is 0.362 e. The minimum absolute atomic E-state index is 0.0641. The summed E-state index contributed by atoms with van der Waals surface area (Å²) in [4.78, 5) is 23.6. The van der Waals surface area contributed by atoms with Gasteiger partial charge < -0.3 is 15.5 Å². The first-order valence-electron chi connectivity index (χ1n) is 11.8. The van der Waals surface area contributed by atoms with Gasteiger partial charge in [0, 0.05) is 38.5 Å². The van der Waals surface area contributed by atoms with Gasteiger partial charge in [0.15, 0.2) is 11.6 Å². The molecule has 0 spiro atoms. The number of carbonyl (C=O) groups excluding carboxylic acids is 1. The van der Waals surface area contributed by atoms with Crippen LogP contribution in [-0.2, 0) is 11.2 Å². The van der Waals surface area contributed by atoms with Crippen molar-refractivity contribution in [2.75, 3.05) is 30.9 Å². The Morgan fingerprint density at radius 1 is 1.03 bits per heavy atom. The number of rotatable bonds is 8. The fourth-order valence-electron chi connectivity index (χ4n) is 4.46. The summed E-state index contributed by atoms with van der Waals surface area (Å²) in [5.74, 6) is 0.161. The monoisotopic (exact) mass is 467 g/mol. The van der Waals surface area contributed by atoms with E-state index in [0.29, 0.717) is 36.4 Å². The first kappa shape index (κ1) is 23.9. The summed E-state index contributed by atoms with van der Waals surface area (Å²) in [6.07, 6.45) is 4.64. The number of benzene rings is 2. The quantitative estimate of drug-likeness (QED) is 0.503. The van der Waals surface area contributed by atoms with Crippen molar-refractivity contribution in [3.63, 3.8) is 0 Å². The Morgan fingerprint density at radius 3 is 2.53 bits per heavy atom. The molecule has 180 valence electrons. The van der Waals surface area contributed by atoms with E-state index < -0.39 is 11.6 Å². The number of nitrogens with zero attached hydrogens (tertiary/aromatic N) is 3. The van der Waals surface area contributed by atoms with Crippen LogP contribution in [0.3, 0.4) is 0 Å². The third kappa shape index (κ3) is 5.98. The van der Waals surface area contributed by atoms with E-state index in [4.69, 9.17) is 9.97 Å². The Morgan fingerprint density at radius 2 is 1.79 bits per heavy atom. The van der Waals surface area contributed by atoms with Gasteiger partial charge in [-0.1, -0.05) is 18.2 Å². The number of aromatic nitrogens is 2. The third-order valence-corrected chi connectivity index (χ3v) is 6.40. The summed E-state index contributed by atoms with van der Waals surface area (Å²) < 4.78 is 26.3. The summed E-state index contributed by atoms with van der Waals surface area (Å²) in [5.41, 5.74) is 1.54. The van der Waals surface area contributed by atoms with Crippen LogP contribution >= 0.6 is 0 Å². The van der Waals surface area contributed by atoms with Crippen molar-refractivity contribution in [3.8, 4) is 0 Å². The fraction of sp³-hybridized carbons (Fsp3) is 0.423. The average molecular weight is 468 g/mol. The zero-order valence-electron chi connectivity index (χ0n) is 19.7. The van der Waals surface area contributed by atoms with E-state index in [2.05, 4.69) is 10.6 Å². The number of fused-ring (bicyclic) bond motifs is 1. The number of para-hydroxylation sites is 1. The van der Waals surface area contributed by atoms with E-state index in [9.17, 15) is 13.6 Å². The number of aryl methyl sites for hydroxylation is 1. The minimum atomic E-state index is -0.879. The maximum absolute atomic E-state index is 13.3. The van der Waals surface area contributed by atoms with Gasteiger partial charge in [0.25, 0.3) is 0 Å². The zero-order chi connectivity index (χ0) is 24.1. The predicted molar refractivity (Wildman–Crippen MR) is 131 cm³/mol. The van der Waals surface area contributed by atoms with Crippen molar-refractivity contribution < 1.29 is 13.6 Å². The van der Waals surface area contributed by atoms with Crippen LogP contribution < -0.4 is 15.5 Å². The summed E-state index contributed by atoms with van der Waals surface area (Å²) in [7, 11) is 3.96. The lowest BCUT2D eigenvalue weighted by Gasteiger charge is -2.29. The van der Waals surface area contributed by atoms with Gasteiger partial charge in [0.1, 0.15) is 5.82 Å². The molecule has 1 aliphatic rings. The van der Waals surface area contributed by atoms with Crippen LogP contribution in [0.15, 0.2) is 42.5 Å². The molecule has 8 heteroatoms. The highest BCUT2D eigenvalue weighted by Gasteiger charge is 2.22. The van der Waals surface area contributed by atoms with E-state index in [1.165, 1.54) is 6.07 Å². The van der Waals surface area contributed by atoms with Crippen molar-refractivity contribution in [1.29, 1.82) is 0 Å². The van der Waals surface area contributed by atoms with Crippen molar-refractivity contribution in [2.24, 2.45) is 5.92 Å². The molecular weight excluding hydrogens is 436 g/mol. The normalized spacial score (nSPS) is 18.0. The number of carbonyl (C=O) groups is 1. The molecule has 1 saturated carbocycles. The Bertz CT molecular complexity index is 1150. The topological polar surface area (TPSA) is 70.2 Å². The molecule has 0 bridgehead atoms. The highest BCUT2D eigenvalue weighted by Crippen LogP contribution is 2.28. The lowest BCUT2D eigenvalue weighted by molar-refractivity contribution is -0.121. The van der Waals surface area contributed by atoms with E-state index in [-0.39, 0.29) is 12.3 Å². The fourth-order valence-corrected chi connectivity index (χ4v) is 4.46. The third-order valence-electron chi connectivity index (χ3n) is 6.40. The Balaban J connectivity index is 1.23. The minimum Gasteiger partial charge on any atom is -0.362 e. The zero-order valence-corrected chi connectivity index (χ0v) is 19.7. The number of hydrogen-bond acceptors (Lipinski definition) is 5. The first-order chi connectivity index (χ1) is 16.4. The predicted octanol–water partition coefficient (Wildman–Crippen LogP) is 4.69. The lowest BCUT2D eigenvalue weighted by atomic mass is 9.86. The van der Waals surface area contributed by atoms with Crippen LogP contribution in [0.5, 0.6) is 0 Å². The van der Waals surface area contributed by atoms with Gasteiger partial charge in [-0.3, -0.25) is 4.79 Å². The first-order valence-corrected chi connectivity index (χ1v) is 11.8. The number of halogens is 2. The van der Waals surface area contributed by atoms with E-state index in [1.807, 2.05) is 43.3 Å². The molecule has 34 heavy (non-hydrogen) atoms. The van der Waals surface area contributed by atoms with Crippen molar-refractivity contribution in [3.05, 3.63) is 59.7 Å². The molecule has 0 aliphatic heterocycles. The van der Waals surface area contributed by atoms with Crippen LogP contribution in [0, 0.1) is 17.6 Å². The molecule has 1 aliphatic carbocycles. The highest BCUT2D eigenvalue weighted by atomic mass is 19.2. The van der Waals surface area contributed by atoms with Gasteiger partial charge in [-0.15, -0.1) is 0 Å². The Kier molecular flexibility index (Phi) is 7.55. The van der Waals surface area contributed by atoms with Crippen LogP contribution in [0.25, 0.3) is 10.9 Å². The number of hydrogen-bond donors (Lipinski definition) is 2. The molecule has 1 heterocycles. The molecule has 3 aromatic rings. The number of nitrogens with one attached hydrogen (secondary N) is 2. The molecule has 0 atom stereocenters. The second-order valence-corrected chi connectivity index (χ2v) is 9.20. The van der Waals surface area contributed by atoms with Crippen LogP contribution in [-0.4, -0.2) is 42.6 Å². The van der Waals surface area contributed by atoms with E-state index >= 15 is 0 Å². The molecule has 6 nitrogen and oxygen atoms in total. The molecule has 0 radical (unpaired) electrons. The molecule has 0 saturated heterocycles. The summed E-state index contributed by atoms with van der Waals surface area (Å²) in [6.45, 7) is 0.639. The molecule has 1 aromatic heterocycles. The molecule has 1 fully saturated rings. The molecule has 4 rings (SSSR count). The highest BCUT2D eigenvalue weighted by molar-refractivity contribution is 5.90. The molecule has 2 N–H and O–H groups in total. The van der Waals surface area contributed by atoms with Gasteiger partial charge in [0.2, 0.25) is 11.9 Å². The molecule has 0 unspecified atom stereocenters. The average Bonchev–Trinajstić information content (AvgIpc) is 2.83. The summed E-state index contributed by atoms with van der Waals surface area (Å²) in [5, 5.41) is 7.53. The van der Waals surface area contributed by atoms with E-state index in [0.717, 1.165) is 54.5 Å². The smallest absolute Gasteiger partial charge is 0.225 e. The van der Waals surface area contributed by atoms with Gasteiger partial charge in [0.05, 0.1) is 5.52 Å². The van der Waals surface area contributed by atoms with Crippen LogP contribution in [0.4, 0.5) is 20.5 Å². The lowest BCUT2D eigenvalue weighted by Crippen LogP contribution is -2.34. The van der Waals surface area contributed by atoms with Gasteiger partial charge >= 0.3 is 0 Å².